The van der Waals surface area contributed by atoms with Crippen LogP contribution < -0.4 is 10.1 Å². The molecule has 1 amide bonds. The van der Waals surface area contributed by atoms with E-state index in [9.17, 15) is 14.4 Å². The summed E-state index contributed by atoms with van der Waals surface area (Å²) in [6, 6.07) is 12.6. The molecule has 0 saturated carbocycles. The molecule has 5 nitrogen and oxygen atoms in total. The molecule has 0 unspecified atom stereocenters. The molecule has 0 aliphatic rings. The molecule has 0 aromatic heterocycles. The smallest absolute Gasteiger partial charge is 0.333 e. The number of amides is 1. The first kappa shape index (κ1) is 17.4. The Morgan fingerprint density at radius 2 is 1.67 bits per heavy atom. The fourth-order valence-electron chi connectivity index (χ4n) is 2.09. The normalized spacial score (nSPS) is 11.5. The van der Waals surface area contributed by atoms with Crippen LogP contribution >= 0.6 is 0 Å². The zero-order valence-corrected chi connectivity index (χ0v) is 13.8. The minimum absolute atomic E-state index is 0.0633. The van der Waals surface area contributed by atoms with Crippen molar-refractivity contribution < 1.29 is 19.1 Å². The van der Waals surface area contributed by atoms with Crippen molar-refractivity contribution in [3.05, 3.63) is 65.2 Å². The van der Waals surface area contributed by atoms with E-state index in [1.165, 1.54) is 6.92 Å². The Labute approximate surface area is 140 Å². The van der Waals surface area contributed by atoms with Gasteiger partial charge in [-0.25, -0.2) is 4.79 Å². The maximum absolute atomic E-state index is 12.1. The third-order valence-corrected chi connectivity index (χ3v) is 3.46. The summed E-state index contributed by atoms with van der Waals surface area (Å²) in [7, 11) is 0. The van der Waals surface area contributed by atoms with Gasteiger partial charge in [0.25, 0.3) is 5.91 Å². The third kappa shape index (κ3) is 4.52. The van der Waals surface area contributed by atoms with Crippen LogP contribution in [0.4, 0.5) is 0 Å². The fraction of sp³-hybridized carbons (Fsp3) is 0.211. The Morgan fingerprint density at radius 1 is 1.00 bits per heavy atom. The van der Waals surface area contributed by atoms with Crippen molar-refractivity contribution >= 4 is 17.7 Å². The Morgan fingerprint density at radius 3 is 2.25 bits per heavy atom. The monoisotopic (exact) mass is 325 g/mol. The lowest BCUT2D eigenvalue weighted by molar-refractivity contribution is -0.136. The Balaban J connectivity index is 1.96. The predicted molar refractivity (Wildman–Crippen MR) is 90.2 cm³/mol. The molecule has 0 fully saturated rings. The van der Waals surface area contributed by atoms with E-state index in [-0.39, 0.29) is 11.7 Å². The van der Waals surface area contributed by atoms with Gasteiger partial charge in [-0.05, 0) is 57.2 Å². The van der Waals surface area contributed by atoms with Crippen LogP contribution in [-0.2, 0) is 4.79 Å². The molecule has 2 aromatic rings. The topological polar surface area (TPSA) is 72.5 Å². The molecule has 24 heavy (non-hydrogen) atoms. The van der Waals surface area contributed by atoms with Crippen LogP contribution in [0.1, 0.15) is 40.1 Å². The fourth-order valence-corrected chi connectivity index (χ4v) is 2.09. The summed E-state index contributed by atoms with van der Waals surface area (Å²) < 4.78 is 5.21. The summed E-state index contributed by atoms with van der Waals surface area (Å²) >= 11 is 0. The Hall–Kier alpha value is -2.95. The number of aryl methyl sites for hydroxylation is 1. The Kier molecular flexibility index (Phi) is 5.47. The second kappa shape index (κ2) is 7.55. The molecule has 0 spiro atoms. The van der Waals surface area contributed by atoms with Crippen LogP contribution in [-0.4, -0.2) is 23.7 Å². The average molecular weight is 325 g/mol. The molecular weight excluding hydrogens is 306 g/mol. The van der Waals surface area contributed by atoms with Gasteiger partial charge in [-0.15, -0.1) is 0 Å². The zero-order chi connectivity index (χ0) is 17.7. The van der Waals surface area contributed by atoms with E-state index in [2.05, 4.69) is 5.32 Å². The SMILES string of the molecule is CC(=O)c1ccc(OC(=O)[C@H](C)NC(=O)c2cccc(C)c2)cc1. The van der Waals surface area contributed by atoms with Crippen molar-refractivity contribution in [2.45, 2.75) is 26.8 Å². The van der Waals surface area contributed by atoms with Gasteiger partial charge < -0.3 is 10.1 Å². The predicted octanol–water partition coefficient (Wildman–Crippen LogP) is 2.92. The molecule has 1 atom stereocenters. The van der Waals surface area contributed by atoms with Gasteiger partial charge in [0, 0.05) is 11.1 Å². The number of carbonyl (C=O) groups excluding carboxylic acids is 3. The lowest BCUT2D eigenvalue weighted by Gasteiger charge is -2.13. The molecule has 0 aliphatic carbocycles. The van der Waals surface area contributed by atoms with Gasteiger partial charge in [0.15, 0.2) is 5.78 Å². The average Bonchev–Trinajstić information content (AvgIpc) is 2.55. The summed E-state index contributed by atoms with van der Waals surface area (Å²) in [5, 5.41) is 2.61. The first-order chi connectivity index (χ1) is 11.4. The Bertz CT molecular complexity index is 765. The number of nitrogens with one attached hydrogen (secondary N) is 1. The summed E-state index contributed by atoms with van der Waals surface area (Å²) in [6.45, 7) is 4.91. The van der Waals surface area contributed by atoms with Gasteiger partial charge in [-0.1, -0.05) is 17.7 Å². The molecule has 1 N–H and O–H groups in total. The number of hydrogen-bond acceptors (Lipinski definition) is 4. The van der Waals surface area contributed by atoms with Gasteiger partial charge in [0.2, 0.25) is 0 Å². The molecular formula is C19H19NO4. The van der Waals surface area contributed by atoms with Gasteiger partial charge in [0.05, 0.1) is 0 Å². The van der Waals surface area contributed by atoms with Gasteiger partial charge in [-0.2, -0.15) is 0 Å². The molecule has 0 saturated heterocycles. The number of esters is 1. The van der Waals surface area contributed by atoms with Crippen LogP contribution in [0.5, 0.6) is 5.75 Å². The minimum Gasteiger partial charge on any atom is -0.425 e. The van der Waals surface area contributed by atoms with Crippen LogP contribution in [0.15, 0.2) is 48.5 Å². The van der Waals surface area contributed by atoms with Crippen molar-refractivity contribution in [1.29, 1.82) is 0 Å². The maximum atomic E-state index is 12.1. The van der Waals surface area contributed by atoms with E-state index >= 15 is 0 Å². The maximum Gasteiger partial charge on any atom is 0.333 e. The summed E-state index contributed by atoms with van der Waals surface area (Å²) in [5.41, 5.74) is 1.99. The highest BCUT2D eigenvalue weighted by atomic mass is 16.5. The van der Waals surface area contributed by atoms with Crippen LogP contribution in [0.25, 0.3) is 0 Å². The highest BCUT2D eigenvalue weighted by Crippen LogP contribution is 2.13. The van der Waals surface area contributed by atoms with Crippen LogP contribution in [0, 0.1) is 6.92 Å². The largest absolute Gasteiger partial charge is 0.425 e. The summed E-state index contributed by atoms with van der Waals surface area (Å²) in [5.74, 6) is -0.657. The van der Waals surface area contributed by atoms with E-state index in [0.29, 0.717) is 16.9 Å². The zero-order valence-electron chi connectivity index (χ0n) is 13.8. The number of carbonyl (C=O) groups is 3. The van der Waals surface area contributed by atoms with Gasteiger partial charge in [0.1, 0.15) is 11.8 Å². The highest BCUT2D eigenvalue weighted by Gasteiger charge is 2.18. The number of ketones is 1. The van der Waals surface area contributed by atoms with Crippen molar-refractivity contribution in [3.63, 3.8) is 0 Å². The molecule has 124 valence electrons. The molecule has 0 heterocycles. The second-order valence-corrected chi connectivity index (χ2v) is 5.57. The highest BCUT2D eigenvalue weighted by molar-refractivity contribution is 5.97. The summed E-state index contributed by atoms with van der Waals surface area (Å²) in [4.78, 5) is 35.4. The van der Waals surface area contributed by atoms with Gasteiger partial charge in [-0.3, -0.25) is 9.59 Å². The number of rotatable bonds is 5. The lowest BCUT2D eigenvalue weighted by Crippen LogP contribution is -2.40. The molecule has 2 aromatic carbocycles. The van der Waals surface area contributed by atoms with Crippen LogP contribution in [0.2, 0.25) is 0 Å². The van der Waals surface area contributed by atoms with E-state index in [0.717, 1.165) is 5.56 Å². The molecule has 0 radical (unpaired) electrons. The molecule has 0 aliphatic heterocycles. The third-order valence-electron chi connectivity index (χ3n) is 3.46. The number of Topliss-reactive ketones (excluding diaryl/α,β-unsaturated/α-hetero) is 1. The number of hydrogen-bond donors (Lipinski definition) is 1. The van der Waals surface area contributed by atoms with Gasteiger partial charge >= 0.3 is 5.97 Å². The molecule has 2 rings (SSSR count). The van der Waals surface area contributed by atoms with Crippen LogP contribution in [0.3, 0.4) is 0 Å². The first-order valence-electron chi connectivity index (χ1n) is 7.57. The lowest BCUT2D eigenvalue weighted by atomic mass is 10.1. The molecule has 0 bridgehead atoms. The van der Waals surface area contributed by atoms with E-state index < -0.39 is 12.0 Å². The quantitative estimate of drug-likeness (QED) is 0.521. The standard InChI is InChI=1S/C19H19NO4/c1-12-5-4-6-16(11-12)18(22)20-13(2)19(23)24-17-9-7-15(8-10-17)14(3)21/h4-11,13H,1-3H3,(H,20,22)/t13-/m0/s1. The minimum atomic E-state index is -0.800. The summed E-state index contributed by atoms with van der Waals surface area (Å²) in [6.07, 6.45) is 0. The first-order valence-corrected chi connectivity index (χ1v) is 7.57. The van der Waals surface area contributed by atoms with E-state index in [4.69, 9.17) is 4.74 Å². The number of benzene rings is 2. The van der Waals surface area contributed by atoms with E-state index in [1.54, 1.807) is 49.4 Å². The molecule has 5 heteroatoms. The van der Waals surface area contributed by atoms with Crippen molar-refractivity contribution in [2.75, 3.05) is 0 Å². The van der Waals surface area contributed by atoms with Crippen molar-refractivity contribution in [1.82, 2.24) is 5.32 Å². The van der Waals surface area contributed by atoms with Crippen molar-refractivity contribution in [3.8, 4) is 5.75 Å². The van der Waals surface area contributed by atoms with Crippen molar-refractivity contribution in [2.24, 2.45) is 0 Å². The van der Waals surface area contributed by atoms with E-state index in [1.807, 2.05) is 13.0 Å². The second-order valence-electron chi connectivity index (χ2n) is 5.57. The number of ether oxygens (including phenoxy) is 1.